The molecule has 0 aromatic carbocycles. The molecule has 17 rings (SSSR count). The number of carboxylic acid groups (broad SMARTS) is 2. The van der Waals surface area contributed by atoms with Crippen LogP contribution in [0.1, 0.15) is 187 Å². The Bertz CT molecular complexity index is 5450. The molecule has 1 aliphatic carbocycles. The van der Waals surface area contributed by atoms with Crippen molar-refractivity contribution in [3.05, 3.63) is 111 Å². The molecule has 16 heterocycles. The minimum Gasteiger partial charge on any atom is -0.481 e. The number of methoxy groups -OCH3 is 2. The summed E-state index contributed by atoms with van der Waals surface area (Å²) in [6.45, 7) is 23.6. The fraction of sp³-hybridized carbons (Fsp3) is 0.459. The molecule has 4 aromatic heterocycles. The molecule has 13 aliphatic rings. The Balaban J connectivity index is 0.000000156. The quantitative estimate of drug-likeness (QED) is 0.0375. The van der Waals surface area contributed by atoms with E-state index in [4.69, 9.17) is 9.47 Å². The molecule has 1 amide bonds. The molecule has 512 valence electrons. The third-order valence-electron chi connectivity index (χ3n) is 24.5. The number of ketones is 3. The summed E-state index contributed by atoms with van der Waals surface area (Å²) in [5, 5.41) is 25.7. The second-order valence-corrected chi connectivity index (χ2v) is 30.5. The zero-order valence-corrected chi connectivity index (χ0v) is 58.6. The van der Waals surface area contributed by atoms with Crippen LogP contribution in [0, 0.1) is 81.0 Å². The highest BCUT2D eigenvalue weighted by Gasteiger charge is 2.79. The number of carbonyl (C=O) groups is 8. The Hall–Kier alpha value is -9.49. The van der Waals surface area contributed by atoms with Gasteiger partial charge in [0.1, 0.15) is 0 Å². The van der Waals surface area contributed by atoms with Gasteiger partial charge in [0.15, 0.2) is 57.5 Å². The van der Waals surface area contributed by atoms with Crippen molar-refractivity contribution < 1.29 is 89.3 Å². The van der Waals surface area contributed by atoms with Crippen LogP contribution in [0.15, 0.2) is 22.8 Å². The van der Waals surface area contributed by atoms with E-state index in [-0.39, 0.29) is 102 Å². The van der Waals surface area contributed by atoms with Crippen LogP contribution in [-0.2, 0) is 50.6 Å². The number of allylic oxidation sites excluding steroid dienone is 4. The lowest BCUT2D eigenvalue weighted by Gasteiger charge is -2.39. The maximum atomic E-state index is 14.5. The van der Waals surface area contributed by atoms with Gasteiger partial charge in [-0.05, 0) is 89.5 Å². The molecule has 1 unspecified atom stereocenters. The number of ether oxygens (including phenoxy) is 2. The van der Waals surface area contributed by atoms with Crippen LogP contribution in [0.2, 0.25) is 0 Å². The van der Waals surface area contributed by atoms with E-state index in [2.05, 4.69) is 120 Å². The van der Waals surface area contributed by atoms with Gasteiger partial charge in [-0.15, -0.1) is 0 Å². The smallest absolute Gasteiger partial charge is 0.481 e. The number of hydrogen-bond acceptors (Lipinski definition) is 12. The molecular formula is C74H79N9O15S+4. The Kier molecular flexibility index (Phi) is 13.6. The number of amides is 1. The molecule has 24 nitrogen and oxygen atoms in total. The van der Waals surface area contributed by atoms with Gasteiger partial charge in [-0.25, -0.2) is 0 Å². The Morgan fingerprint density at radius 2 is 1.14 bits per heavy atom. The number of carboxylic acids is 2. The molecule has 4 N–H and O–H groups in total. The largest absolute Gasteiger partial charge is 0.552 e. The molecule has 0 bridgehead atoms. The summed E-state index contributed by atoms with van der Waals surface area (Å²) in [5.74, 6) is -8.66. The number of aliphatic carboxylic acids is 2. The topological polar surface area (TPSA) is 294 Å². The van der Waals surface area contributed by atoms with Gasteiger partial charge in [0.2, 0.25) is 11.4 Å². The molecule has 2 spiro atoms. The van der Waals surface area contributed by atoms with Gasteiger partial charge in [-0.3, -0.25) is 42.9 Å². The maximum Gasteiger partial charge on any atom is 0.552 e. The van der Waals surface area contributed by atoms with E-state index in [9.17, 15) is 61.5 Å². The SMILES string of the molecule is CC[C@H]1C2=Cc3c(C)c(C(=O)NCCS(=O)(=O)O)c4n3[C@@]35n6c(c(C)c(C(C)=O)c6=CC(=[N+]23)[C@@H]1C)=CC1=[N+]5C(=C4CC(=O)OC)[C@@H](CCC(=O)O)[C@@H]1C.CC[C@H]1C2=[N+]3C(=Cc4c(C(C)=O)c(C)c5n4[C@]34n3c(c(C)c6c3=C(C3=[N+]4C(=C5)[C@@H](C)[C@@H]3CCC(=O)O)C(C(=O)OC)C6=O)=C2)[C@@H]1C. The maximum absolute atomic E-state index is 14.5. The van der Waals surface area contributed by atoms with Crippen LogP contribution in [0.3, 0.4) is 0 Å². The molecule has 4 aromatic rings. The third-order valence-corrected chi connectivity index (χ3v) is 25.2. The van der Waals surface area contributed by atoms with Crippen LogP contribution in [0.25, 0.3) is 47.6 Å². The van der Waals surface area contributed by atoms with E-state index in [1.54, 1.807) is 13.8 Å². The summed E-state index contributed by atoms with van der Waals surface area (Å²) in [4.78, 5) is 107. The van der Waals surface area contributed by atoms with Crippen molar-refractivity contribution >= 4 is 128 Å². The van der Waals surface area contributed by atoms with Gasteiger partial charge in [0.05, 0.1) is 135 Å². The van der Waals surface area contributed by atoms with E-state index in [1.807, 2.05) is 27.7 Å². The first kappa shape index (κ1) is 64.2. The number of carbonyl (C=O) groups excluding carboxylic acids is 6. The number of hydrogen-bond donors (Lipinski definition) is 4. The number of esters is 2. The average molecular weight is 1370 g/mol. The Labute approximate surface area is 569 Å². The fourth-order valence-electron chi connectivity index (χ4n) is 20.6. The number of rotatable bonds is 17. The number of fused-ring (bicyclic) bond motifs is 1. The lowest BCUT2D eigenvalue weighted by Crippen LogP contribution is -2.70. The van der Waals surface area contributed by atoms with Crippen molar-refractivity contribution in [3.8, 4) is 0 Å². The first-order valence-corrected chi connectivity index (χ1v) is 35.9. The van der Waals surface area contributed by atoms with Crippen LogP contribution in [0.5, 0.6) is 0 Å². The summed E-state index contributed by atoms with van der Waals surface area (Å²) < 4.78 is 61.4. The summed E-state index contributed by atoms with van der Waals surface area (Å²) in [7, 11) is -1.78. The van der Waals surface area contributed by atoms with Gasteiger partial charge >= 0.3 is 35.7 Å². The minimum absolute atomic E-state index is 0.00588. The van der Waals surface area contributed by atoms with Crippen molar-refractivity contribution in [1.29, 1.82) is 0 Å². The summed E-state index contributed by atoms with van der Waals surface area (Å²) in [6.07, 6.45) is 14.8. The van der Waals surface area contributed by atoms with Gasteiger partial charge in [0, 0.05) is 72.5 Å². The molecule has 0 saturated heterocycles. The number of nitrogens with one attached hydrogen (secondary N) is 1. The zero-order valence-electron chi connectivity index (χ0n) is 57.8. The lowest BCUT2D eigenvalue weighted by atomic mass is 9.81. The van der Waals surface area contributed by atoms with Gasteiger partial charge < -0.3 is 25.0 Å². The van der Waals surface area contributed by atoms with Gasteiger partial charge in [-0.2, -0.15) is 26.7 Å². The van der Waals surface area contributed by atoms with Crippen molar-refractivity contribution in [2.75, 3.05) is 26.5 Å². The second kappa shape index (κ2) is 21.0. The predicted molar refractivity (Wildman–Crippen MR) is 361 cm³/mol. The van der Waals surface area contributed by atoms with Crippen LogP contribution < -0.4 is 26.7 Å². The number of nitrogens with zero attached hydrogens (tertiary/aromatic N) is 8. The highest BCUT2D eigenvalue weighted by atomic mass is 32.2. The number of aromatic nitrogens is 4. The van der Waals surface area contributed by atoms with Gasteiger partial charge in [0.25, 0.3) is 16.0 Å². The lowest BCUT2D eigenvalue weighted by molar-refractivity contribution is -0.838. The van der Waals surface area contributed by atoms with E-state index >= 15 is 0 Å². The highest BCUT2D eigenvalue weighted by molar-refractivity contribution is 7.85. The number of Topliss-reactive ketones (excluding diaryl/α,β-unsaturated/α-hetero) is 3. The van der Waals surface area contributed by atoms with Crippen LogP contribution in [-0.4, -0.2) is 156 Å². The fourth-order valence-corrected chi connectivity index (χ4v) is 20.9. The first-order chi connectivity index (χ1) is 46.9. The summed E-state index contributed by atoms with van der Waals surface area (Å²) in [5.41, 5.74) is 17.0. The summed E-state index contributed by atoms with van der Waals surface area (Å²) >= 11 is 0. The molecule has 0 fully saturated rings. The van der Waals surface area contributed by atoms with E-state index < -0.39 is 63.4 Å². The molecule has 25 heteroatoms. The average Bonchev–Trinajstić information content (AvgIpc) is 1.48. The van der Waals surface area contributed by atoms with Crippen molar-refractivity contribution in [3.63, 3.8) is 0 Å². The van der Waals surface area contributed by atoms with Crippen LogP contribution >= 0.6 is 0 Å². The van der Waals surface area contributed by atoms with E-state index in [0.29, 0.717) is 56.6 Å². The Morgan fingerprint density at radius 1 is 0.596 bits per heavy atom. The van der Waals surface area contributed by atoms with E-state index in [1.165, 1.54) is 19.9 Å². The van der Waals surface area contributed by atoms with Crippen molar-refractivity contribution in [1.82, 2.24) is 23.6 Å². The van der Waals surface area contributed by atoms with Gasteiger partial charge in [-0.1, -0.05) is 59.8 Å². The molecule has 99 heavy (non-hydrogen) atoms. The molecule has 12 aliphatic heterocycles. The molecular weight excluding hydrogens is 1290 g/mol. The third kappa shape index (κ3) is 7.59. The monoisotopic (exact) mass is 1370 g/mol. The highest BCUT2D eigenvalue weighted by Crippen LogP contribution is 2.59. The molecule has 0 radical (unpaired) electrons. The van der Waals surface area contributed by atoms with Crippen molar-refractivity contribution in [2.45, 2.75) is 140 Å². The predicted octanol–water partition coefficient (Wildman–Crippen LogP) is 4.38. The molecule has 11 atom stereocenters. The van der Waals surface area contributed by atoms with Crippen molar-refractivity contribution in [2.24, 2.45) is 53.3 Å². The second-order valence-electron chi connectivity index (χ2n) is 29.0. The van der Waals surface area contributed by atoms with Crippen LogP contribution in [0.4, 0.5) is 0 Å². The normalized spacial score (nSPS) is 27.5. The van der Waals surface area contributed by atoms with E-state index in [0.717, 1.165) is 96.9 Å². The summed E-state index contributed by atoms with van der Waals surface area (Å²) in [6, 6.07) is 0. The minimum atomic E-state index is -4.38. The first-order valence-electron chi connectivity index (χ1n) is 34.3. The molecule has 0 saturated carbocycles. The Morgan fingerprint density at radius 3 is 1.77 bits per heavy atom. The zero-order chi connectivity index (χ0) is 70.7. The standard InChI is InChI=1S/C38H41N5O9S.C36H35N4O6/c1-8-22-17(2)25-16-30-33(21(6)44)19(4)27-14-26-18(3)23(9-10-31(45)46)35-24(13-32(47)52-7)36-34(37(48)39-11-12-53(49,50)51)20(5)28-15-29(22)40(25)38(41(27)30,42(26)35)43(28)36;1-8-19-14(2)21-13-26-28(18(6)41)16(4)23-11-22-15(3)20(9-10-27(42)43)32-30-31(35(45)46-7)34(44)29-17(5)24-12-25(19)37(21)36(38(23)26,39(22)32)40(24)33(29)30/h14-18,22-23H,8-13H2,1-7H3,(H-2,39,45,46,48,49,50,51);11-15,19-20,31H,8-10H2,1-7H3/q;+1/p+3/t17-,18+,22-,23+,38-;14-,15+,19-,20+,31?,36-/m11/s1.